The standard InChI is InChI=1S/C9H18F2N2O/c1-3-13(4-2)9(12)5-6-14-7-8(10)11/h8,12H,3-7H2,1-2H3. The van der Waals surface area contributed by atoms with Crippen molar-refractivity contribution in [1.82, 2.24) is 4.90 Å². The molecule has 0 aliphatic rings. The fraction of sp³-hybridized carbons (Fsp3) is 0.889. The molecule has 0 unspecified atom stereocenters. The molecule has 5 heteroatoms. The van der Waals surface area contributed by atoms with E-state index in [0.717, 1.165) is 13.1 Å². The lowest BCUT2D eigenvalue weighted by atomic mass is 10.3. The number of nitrogens with zero attached hydrogens (tertiary/aromatic N) is 1. The van der Waals surface area contributed by atoms with Gasteiger partial charge < -0.3 is 9.64 Å². The van der Waals surface area contributed by atoms with E-state index in [-0.39, 0.29) is 6.61 Å². The van der Waals surface area contributed by atoms with Crippen molar-refractivity contribution in [2.24, 2.45) is 0 Å². The van der Waals surface area contributed by atoms with Gasteiger partial charge in [-0.2, -0.15) is 0 Å². The van der Waals surface area contributed by atoms with Crippen LogP contribution in [0.4, 0.5) is 8.78 Å². The van der Waals surface area contributed by atoms with Crippen molar-refractivity contribution in [2.45, 2.75) is 26.7 Å². The second-order valence-corrected chi connectivity index (χ2v) is 2.83. The molecule has 0 aromatic carbocycles. The number of ether oxygens (including phenoxy) is 1. The summed E-state index contributed by atoms with van der Waals surface area (Å²) in [6.07, 6.45) is -2.02. The van der Waals surface area contributed by atoms with Crippen LogP contribution in [-0.2, 0) is 4.74 Å². The Balaban J connectivity index is 3.52. The topological polar surface area (TPSA) is 36.3 Å². The van der Waals surface area contributed by atoms with Gasteiger partial charge in [0.15, 0.2) is 0 Å². The molecule has 0 fully saturated rings. The van der Waals surface area contributed by atoms with Crippen LogP contribution in [0.2, 0.25) is 0 Å². The summed E-state index contributed by atoms with van der Waals surface area (Å²) in [7, 11) is 0. The molecular formula is C9H18F2N2O. The lowest BCUT2D eigenvalue weighted by Crippen LogP contribution is -2.30. The number of rotatable bonds is 7. The Labute approximate surface area is 83.5 Å². The Morgan fingerprint density at radius 1 is 1.36 bits per heavy atom. The molecule has 1 N–H and O–H groups in total. The van der Waals surface area contributed by atoms with Crippen molar-refractivity contribution in [1.29, 1.82) is 5.41 Å². The Morgan fingerprint density at radius 3 is 2.36 bits per heavy atom. The van der Waals surface area contributed by atoms with E-state index in [1.54, 1.807) is 0 Å². The van der Waals surface area contributed by atoms with Gasteiger partial charge in [-0.3, -0.25) is 5.41 Å². The molecule has 0 saturated carbocycles. The number of nitrogens with one attached hydrogen (secondary N) is 1. The summed E-state index contributed by atoms with van der Waals surface area (Å²) in [6, 6.07) is 0. The smallest absolute Gasteiger partial charge is 0.261 e. The Morgan fingerprint density at radius 2 is 1.93 bits per heavy atom. The number of halogens is 2. The predicted molar refractivity (Wildman–Crippen MR) is 52.1 cm³/mol. The van der Waals surface area contributed by atoms with Crippen LogP contribution >= 0.6 is 0 Å². The third kappa shape index (κ3) is 5.85. The first-order valence-electron chi connectivity index (χ1n) is 4.80. The fourth-order valence-electron chi connectivity index (χ4n) is 1.10. The highest BCUT2D eigenvalue weighted by atomic mass is 19.3. The molecule has 3 nitrogen and oxygen atoms in total. The van der Waals surface area contributed by atoms with Gasteiger partial charge in [-0.05, 0) is 13.8 Å². The minimum Gasteiger partial charge on any atom is -0.375 e. The zero-order chi connectivity index (χ0) is 11.0. The van der Waals surface area contributed by atoms with Crippen molar-refractivity contribution in [3.05, 3.63) is 0 Å². The van der Waals surface area contributed by atoms with Crippen LogP contribution in [0.5, 0.6) is 0 Å². The maximum atomic E-state index is 11.7. The van der Waals surface area contributed by atoms with Gasteiger partial charge >= 0.3 is 0 Å². The van der Waals surface area contributed by atoms with E-state index in [0.29, 0.717) is 12.3 Å². The summed E-state index contributed by atoms with van der Waals surface area (Å²) in [5.74, 6) is 0.448. The minimum atomic E-state index is -2.42. The third-order valence-corrected chi connectivity index (χ3v) is 1.87. The highest BCUT2D eigenvalue weighted by molar-refractivity contribution is 5.79. The maximum Gasteiger partial charge on any atom is 0.261 e. The van der Waals surface area contributed by atoms with Crippen LogP contribution < -0.4 is 0 Å². The van der Waals surface area contributed by atoms with Crippen molar-refractivity contribution < 1.29 is 13.5 Å². The average molecular weight is 208 g/mol. The SMILES string of the molecule is CCN(CC)C(=N)CCOCC(F)F. The molecule has 0 rings (SSSR count). The first-order chi connectivity index (χ1) is 6.61. The van der Waals surface area contributed by atoms with Crippen LogP contribution in [0.3, 0.4) is 0 Å². The van der Waals surface area contributed by atoms with E-state index in [9.17, 15) is 8.78 Å². The van der Waals surface area contributed by atoms with Crippen LogP contribution in [0.25, 0.3) is 0 Å². The van der Waals surface area contributed by atoms with E-state index >= 15 is 0 Å². The largest absolute Gasteiger partial charge is 0.375 e. The number of alkyl halides is 2. The van der Waals surface area contributed by atoms with Gasteiger partial charge in [0.25, 0.3) is 6.43 Å². The third-order valence-electron chi connectivity index (χ3n) is 1.87. The molecule has 0 heterocycles. The first kappa shape index (κ1) is 13.3. The van der Waals surface area contributed by atoms with E-state index < -0.39 is 13.0 Å². The summed E-state index contributed by atoms with van der Waals surface area (Å²) >= 11 is 0. The molecule has 0 saturated heterocycles. The Hall–Kier alpha value is -0.710. The van der Waals surface area contributed by atoms with Crippen molar-refractivity contribution in [2.75, 3.05) is 26.3 Å². The summed E-state index contributed by atoms with van der Waals surface area (Å²) in [6.45, 7) is 5.11. The number of hydrogen-bond acceptors (Lipinski definition) is 2. The molecule has 0 aliphatic carbocycles. The monoisotopic (exact) mass is 208 g/mol. The quantitative estimate of drug-likeness (QED) is 0.394. The Kier molecular flexibility index (Phi) is 7.28. The van der Waals surface area contributed by atoms with Crippen LogP contribution in [0.1, 0.15) is 20.3 Å². The molecule has 84 valence electrons. The van der Waals surface area contributed by atoms with Gasteiger partial charge in [0.05, 0.1) is 12.4 Å². The molecule has 0 amide bonds. The second-order valence-electron chi connectivity index (χ2n) is 2.83. The summed E-state index contributed by atoms with van der Waals surface area (Å²) in [5.41, 5.74) is 0. The molecule has 14 heavy (non-hydrogen) atoms. The maximum absolute atomic E-state index is 11.7. The lowest BCUT2D eigenvalue weighted by molar-refractivity contribution is 0.0196. The normalized spacial score (nSPS) is 10.6. The molecular weight excluding hydrogens is 190 g/mol. The summed E-state index contributed by atoms with van der Waals surface area (Å²) in [4.78, 5) is 1.87. The van der Waals surface area contributed by atoms with Crippen molar-refractivity contribution >= 4 is 5.84 Å². The van der Waals surface area contributed by atoms with Crippen LogP contribution in [0.15, 0.2) is 0 Å². The fourth-order valence-corrected chi connectivity index (χ4v) is 1.10. The summed E-state index contributed by atoms with van der Waals surface area (Å²) < 4.78 is 28.0. The van der Waals surface area contributed by atoms with Gasteiger partial charge in [0.1, 0.15) is 6.61 Å². The zero-order valence-corrected chi connectivity index (χ0v) is 8.72. The van der Waals surface area contributed by atoms with E-state index in [1.807, 2.05) is 18.7 Å². The van der Waals surface area contributed by atoms with Crippen LogP contribution in [-0.4, -0.2) is 43.5 Å². The van der Waals surface area contributed by atoms with Gasteiger partial charge in [-0.25, -0.2) is 8.78 Å². The highest BCUT2D eigenvalue weighted by Crippen LogP contribution is 1.97. The van der Waals surface area contributed by atoms with Gasteiger partial charge in [-0.15, -0.1) is 0 Å². The molecule has 0 bridgehead atoms. The van der Waals surface area contributed by atoms with E-state index in [1.165, 1.54) is 0 Å². The van der Waals surface area contributed by atoms with Gasteiger partial charge in [-0.1, -0.05) is 0 Å². The predicted octanol–water partition coefficient (Wildman–Crippen LogP) is 1.98. The van der Waals surface area contributed by atoms with Gasteiger partial charge in [0.2, 0.25) is 0 Å². The summed E-state index contributed by atoms with van der Waals surface area (Å²) in [5, 5.41) is 7.59. The zero-order valence-electron chi connectivity index (χ0n) is 8.72. The number of amidine groups is 1. The Bertz CT molecular complexity index is 161. The molecule has 0 spiro atoms. The van der Waals surface area contributed by atoms with E-state index in [2.05, 4.69) is 4.74 Å². The average Bonchev–Trinajstić information content (AvgIpc) is 2.14. The van der Waals surface area contributed by atoms with E-state index in [4.69, 9.17) is 5.41 Å². The minimum absolute atomic E-state index is 0.194. The van der Waals surface area contributed by atoms with Crippen molar-refractivity contribution in [3.8, 4) is 0 Å². The van der Waals surface area contributed by atoms with Crippen molar-refractivity contribution in [3.63, 3.8) is 0 Å². The molecule has 0 aromatic heterocycles. The number of hydrogen-bond donors (Lipinski definition) is 1. The molecule has 0 aliphatic heterocycles. The lowest BCUT2D eigenvalue weighted by Gasteiger charge is -2.21. The molecule has 0 radical (unpaired) electrons. The first-order valence-corrected chi connectivity index (χ1v) is 4.80. The molecule has 0 aromatic rings. The van der Waals surface area contributed by atoms with Crippen LogP contribution in [0, 0.1) is 5.41 Å². The second kappa shape index (κ2) is 7.67. The van der Waals surface area contributed by atoms with Gasteiger partial charge in [0, 0.05) is 19.5 Å². The molecule has 0 atom stereocenters. The highest BCUT2D eigenvalue weighted by Gasteiger charge is 2.06.